The molecule has 1 aliphatic rings. The second-order valence-corrected chi connectivity index (χ2v) is 4.30. The van der Waals surface area contributed by atoms with E-state index in [-0.39, 0.29) is 5.54 Å². The Kier molecular flexibility index (Phi) is 2.77. The highest BCUT2D eigenvalue weighted by molar-refractivity contribution is 5.42. The van der Waals surface area contributed by atoms with Gasteiger partial charge in [-0.2, -0.15) is 0 Å². The van der Waals surface area contributed by atoms with E-state index in [1.54, 1.807) is 0 Å². The predicted molar refractivity (Wildman–Crippen MR) is 58.5 cm³/mol. The first-order chi connectivity index (χ1) is 5.93. The molecule has 13 heavy (non-hydrogen) atoms. The molecular weight excluding hydrogens is 158 g/mol. The van der Waals surface area contributed by atoms with Crippen LogP contribution in [-0.2, 0) is 0 Å². The van der Waals surface area contributed by atoms with Crippen molar-refractivity contribution in [2.45, 2.75) is 39.7 Å². The first-order valence-electron chi connectivity index (χ1n) is 4.76. The van der Waals surface area contributed by atoms with Gasteiger partial charge in [-0.05, 0) is 45.3 Å². The molecule has 0 saturated carbocycles. The highest BCUT2D eigenvalue weighted by Crippen LogP contribution is 2.26. The average Bonchev–Trinajstić information content (AvgIpc) is 2.51. The minimum absolute atomic E-state index is 0.201. The number of allylic oxidation sites excluding steroid dienone is 5. The number of rotatable bonds is 2. The van der Waals surface area contributed by atoms with E-state index in [4.69, 9.17) is 5.73 Å². The van der Waals surface area contributed by atoms with Crippen molar-refractivity contribution >= 4 is 0 Å². The Labute approximate surface area is 81.0 Å². The lowest BCUT2D eigenvalue weighted by Gasteiger charge is -2.23. The maximum Gasteiger partial charge on any atom is 0.0314 e. The van der Waals surface area contributed by atoms with E-state index in [2.05, 4.69) is 45.9 Å². The van der Waals surface area contributed by atoms with Gasteiger partial charge in [-0.1, -0.05) is 23.8 Å². The normalized spacial score (nSPS) is 18.7. The third kappa shape index (κ3) is 2.31. The molecule has 0 aromatic carbocycles. The summed E-state index contributed by atoms with van der Waals surface area (Å²) >= 11 is 0. The summed E-state index contributed by atoms with van der Waals surface area (Å²) in [5, 5.41) is 0. The lowest BCUT2D eigenvalue weighted by Crippen LogP contribution is -2.34. The summed E-state index contributed by atoms with van der Waals surface area (Å²) in [7, 11) is 0. The largest absolute Gasteiger partial charge is 0.322 e. The number of hydrogen-bond acceptors (Lipinski definition) is 1. The van der Waals surface area contributed by atoms with E-state index in [9.17, 15) is 0 Å². The number of hydrogen-bond donors (Lipinski definition) is 1. The van der Waals surface area contributed by atoms with Crippen LogP contribution in [-0.4, -0.2) is 5.54 Å². The van der Waals surface area contributed by atoms with Crippen LogP contribution in [0.15, 0.2) is 34.9 Å². The van der Waals surface area contributed by atoms with Gasteiger partial charge in [-0.15, -0.1) is 0 Å². The van der Waals surface area contributed by atoms with Crippen molar-refractivity contribution in [3.63, 3.8) is 0 Å². The highest BCUT2D eigenvalue weighted by Gasteiger charge is 2.17. The summed E-state index contributed by atoms with van der Waals surface area (Å²) in [6, 6.07) is 0. The Morgan fingerprint density at radius 1 is 1.38 bits per heavy atom. The number of nitrogens with two attached hydrogens (primary N) is 1. The molecule has 1 nitrogen and oxygen atoms in total. The van der Waals surface area contributed by atoms with Crippen LogP contribution in [0.2, 0.25) is 0 Å². The smallest absolute Gasteiger partial charge is 0.0314 e. The molecule has 0 aromatic heterocycles. The molecule has 0 spiro atoms. The zero-order valence-corrected chi connectivity index (χ0v) is 9.02. The molecule has 72 valence electrons. The van der Waals surface area contributed by atoms with Gasteiger partial charge in [-0.3, -0.25) is 0 Å². The molecule has 1 aliphatic carbocycles. The van der Waals surface area contributed by atoms with Gasteiger partial charge in [0.05, 0.1) is 0 Å². The summed E-state index contributed by atoms with van der Waals surface area (Å²) in [6.45, 7) is 8.38. The minimum atomic E-state index is -0.201. The van der Waals surface area contributed by atoms with Crippen molar-refractivity contribution in [2.24, 2.45) is 5.73 Å². The second kappa shape index (κ2) is 3.51. The van der Waals surface area contributed by atoms with Gasteiger partial charge in [0.25, 0.3) is 0 Å². The SMILES string of the molecule is C/C(C1=CC=CC1)=C(\C)C(C)(C)N. The molecule has 0 aliphatic heterocycles. The molecule has 0 radical (unpaired) electrons. The molecule has 0 bridgehead atoms. The van der Waals surface area contributed by atoms with Gasteiger partial charge in [0, 0.05) is 5.54 Å². The van der Waals surface area contributed by atoms with Crippen molar-refractivity contribution in [2.75, 3.05) is 0 Å². The third-order valence-corrected chi connectivity index (χ3v) is 2.78. The van der Waals surface area contributed by atoms with Crippen molar-refractivity contribution in [1.82, 2.24) is 0 Å². The van der Waals surface area contributed by atoms with Crippen LogP contribution < -0.4 is 5.73 Å². The molecule has 0 aromatic rings. The Balaban J connectivity index is 2.92. The van der Waals surface area contributed by atoms with Gasteiger partial charge < -0.3 is 5.73 Å². The Bertz CT molecular complexity index is 285. The molecule has 1 rings (SSSR count). The highest BCUT2D eigenvalue weighted by atomic mass is 14.7. The Morgan fingerprint density at radius 3 is 2.38 bits per heavy atom. The summed E-state index contributed by atoms with van der Waals surface area (Å²) in [5.74, 6) is 0. The van der Waals surface area contributed by atoms with E-state index in [1.807, 2.05) is 0 Å². The fraction of sp³-hybridized carbons (Fsp3) is 0.500. The minimum Gasteiger partial charge on any atom is -0.322 e. The van der Waals surface area contributed by atoms with Crippen molar-refractivity contribution < 1.29 is 0 Å². The molecule has 1 heteroatoms. The lowest BCUT2D eigenvalue weighted by molar-refractivity contribution is 0.605. The van der Waals surface area contributed by atoms with Crippen LogP contribution in [0.25, 0.3) is 0 Å². The van der Waals surface area contributed by atoms with Gasteiger partial charge in [-0.25, -0.2) is 0 Å². The lowest BCUT2D eigenvalue weighted by atomic mass is 9.89. The van der Waals surface area contributed by atoms with Gasteiger partial charge >= 0.3 is 0 Å². The molecule has 0 amide bonds. The van der Waals surface area contributed by atoms with Crippen LogP contribution in [0.5, 0.6) is 0 Å². The monoisotopic (exact) mass is 177 g/mol. The van der Waals surface area contributed by atoms with Gasteiger partial charge in [0.15, 0.2) is 0 Å². The Morgan fingerprint density at radius 2 is 2.00 bits per heavy atom. The fourth-order valence-corrected chi connectivity index (χ4v) is 1.45. The quantitative estimate of drug-likeness (QED) is 0.689. The molecule has 2 N–H and O–H groups in total. The summed E-state index contributed by atoms with van der Waals surface area (Å²) in [6.07, 6.45) is 7.51. The van der Waals surface area contributed by atoms with E-state index in [0.717, 1.165) is 6.42 Å². The molecule has 0 saturated heterocycles. The van der Waals surface area contributed by atoms with Crippen molar-refractivity contribution in [3.05, 3.63) is 34.9 Å². The molecule has 0 fully saturated rings. The summed E-state index contributed by atoms with van der Waals surface area (Å²) in [4.78, 5) is 0. The zero-order chi connectivity index (χ0) is 10.1. The molecule has 0 unspecified atom stereocenters. The average molecular weight is 177 g/mol. The van der Waals surface area contributed by atoms with Crippen LogP contribution in [0.1, 0.15) is 34.1 Å². The van der Waals surface area contributed by atoms with Gasteiger partial charge in [0.1, 0.15) is 0 Å². The zero-order valence-electron chi connectivity index (χ0n) is 9.02. The fourth-order valence-electron chi connectivity index (χ4n) is 1.45. The third-order valence-electron chi connectivity index (χ3n) is 2.78. The molecule has 0 atom stereocenters. The van der Waals surface area contributed by atoms with E-state index in [1.165, 1.54) is 16.7 Å². The Hall–Kier alpha value is -0.820. The topological polar surface area (TPSA) is 26.0 Å². The van der Waals surface area contributed by atoms with Crippen molar-refractivity contribution in [1.29, 1.82) is 0 Å². The summed E-state index contributed by atoms with van der Waals surface area (Å²) in [5.41, 5.74) is 9.87. The maximum absolute atomic E-state index is 6.04. The van der Waals surface area contributed by atoms with Crippen LogP contribution >= 0.6 is 0 Å². The standard InChI is InChI=1S/C12H19N/c1-9(10(2)12(3,4)13)11-7-5-6-8-11/h5-7H,8,13H2,1-4H3/b10-9-. The van der Waals surface area contributed by atoms with Crippen LogP contribution in [0.3, 0.4) is 0 Å². The second-order valence-electron chi connectivity index (χ2n) is 4.30. The van der Waals surface area contributed by atoms with E-state index < -0.39 is 0 Å². The molecular formula is C12H19N. The van der Waals surface area contributed by atoms with Crippen LogP contribution in [0, 0.1) is 0 Å². The first kappa shape index (κ1) is 10.3. The van der Waals surface area contributed by atoms with Gasteiger partial charge in [0.2, 0.25) is 0 Å². The van der Waals surface area contributed by atoms with Crippen LogP contribution in [0.4, 0.5) is 0 Å². The molecule has 0 heterocycles. The van der Waals surface area contributed by atoms with E-state index in [0.29, 0.717) is 0 Å². The predicted octanol–water partition coefficient (Wildman–Crippen LogP) is 2.95. The van der Waals surface area contributed by atoms with E-state index >= 15 is 0 Å². The first-order valence-corrected chi connectivity index (χ1v) is 4.76. The maximum atomic E-state index is 6.04. The summed E-state index contributed by atoms with van der Waals surface area (Å²) < 4.78 is 0. The van der Waals surface area contributed by atoms with Crippen molar-refractivity contribution in [3.8, 4) is 0 Å².